The molecule has 0 radical (unpaired) electrons. The summed E-state index contributed by atoms with van der Waals surface area (Å²) in [6.45, 7) is 5.79. The maximum absolute atomic E-state index is 5.09. The second kappa shape index (κ2) is 10.8. The fourth-order valence-corrected chi connectivity index (χ4v) is 6.11. The molecule has 6 heteroatoms. The van der Waals surface area contributed by atoms with E-state index in [2.05, 4.69) is 120 Å². The van der Waals surface area contributed by atoms with Gasteiger partial charge in [0.1, 0.15) is 5.37 Å². The molecule has 0 aliphatic carbocycles. The van der Waals surface area contributed by atoms with Gasteiger partial charge in [0.25, 0.3) is 0 Å². The number of amidine groups is 2. The van der Waals surface area contributed by atoms with Gasteiger partial charge < -0.3 is 15.5 Å². The van der Waals surface area contributed by atoms with Crippen molar-refractivity contribution in [1.82, 2.24) is 10.2 Å². The standard InChI is InChI=1S/C32H31N5S/c1-22-16-17-24-12-6-7-13-25(24)19-33-30(35-28(22)18-23-10-4-3-5-11-23)31-34-20-26(21-37(31)2)32-36-27-14-8-9-15-29(27)38-32/h3-17,20,28,32,36H,1,18-19,21H2,2H3,(H,33,35)/b17-16-. The van der Waals surface area contributed by atoms with Gasteiger partial charge in [-0.15, -0.1) is 0 Å². The van der Waals surface area contributed by atoms with Gasteiger partial charge in [0.15, 0.2) is 11.7 Å². The molecule has 0 spiro atoms. The van der Waals surface area contributed by atoms with E-state index in [0.29, 0.717) is 6.54 Å². The van der Waals surface area contributed by atoms with Crippen molar-refractivity contribution in [1.29, 1.82) is 0 Å². The molecule has 0 aromatic heterocycles. The van der Waals surface area contributed by atoms with E-state index in [4.69, 9.17) is 9.98 Å². The highest BCUT2D eigenvalue weighted by atomic mass is 32.2. The average Bonchev–Trinajstić information content (AvgIpc) is 3.39. The second-order valence-corrected chi connectivity index (χ2v) is 11.0. The Kier molecular flexibility index (Phi) is 6.88. The summed E-state index contributed by atoms with van der Waals surface area (Å²) in [4.78, 5) is 13.5. The molecule has 2 unspecified atom stereocenters. The molecule has 2 N–H and O–H groups in total. The third-order valence-corrected chi connectivity index (χ3v) is 8.35. The first-order chi connectivity index (χ1) is 18.6. The van der Waals surface area contributed by atoms with E-state index < -0.39 is 0 Å². The molecular weight excluding hydrogens is 486 g/mol. The molecule has 3 aliphatic heterocycles. The number of thioether (sulfide) groups is 1. The maximum atomic E-state index is 5.09. The highest BCUT2D eigenvalue weighted by Crippen LogP contribution is 2.41. The number of para-hydroxylation sites is 1. The number of nitrogens with one attached hydrogen (secondary N) is 2. The first kappa shape index (κ1) is 24.3. The van der Waals surface area contributed by atoms with Crippen LogP contribution in [0.15, 0.2) is 124 Å². The van der Waals surface area contributed by atoms with E-state index in [9.17, 15) is 0 Å². The Labute approximate surface area is 228 Å². The second-order valence-electron chi connectivity index (χ2n) is 9.81. The Morgan fingerprint density at radius 3 is 2.58 bits per heavy atom. The first-order valence-corrected chi connectivity index (χ1v) is 13.8. The number of likely N-dealkylation sites (N-methyl/N-ethyl adjacent to an activating group) is 1. The highest BCUT2D eigenvalue weighted by molar-refractivity contribution is 8.00. The lowest BCUT2D eigenvalue weighted by atomic mass is 9.97. The van der Waals surface area contributed by atoms with Gasteiger partial charge in [-0.1, -0.05) is 97.2 Å². The molecule has 3 aromatic rings. The fraction of sp³-hybridized carbons (Fsp3) is 0.188. The van der Waals surface area contributed by atoms with Crippen molar-refractivity contribution in [2.24, 2.45) is 9.98 Å². The Morgan fingerprint density at radius 2 is 1.74 bits per heavy atom. The predicted molar refractivity (Wildman–Crippen MR) is 161 cm³/mol. The summed E-state index contributed by atoms with van der Waals surface area (Å²) < 4.78 is 0. The minimum Gasteiger partial charge on any atom is -0.368 e. The van der Waals surface area contributed by atoms with Crippen LogP contribution in [0.25, 0.3) is 6.08 Å². The molecule has 3 aromatic carbocycles. The van der Waals surface area contributed by atoms with E-state index in [-0.39, 0.29) is 11.4 Å². The van der Waals surface area contributed by atoms with Crippen LogP contribution in [0, 0.1) is 0 Å². The molecule has 0 bridgehead atoms. The summed E-state index contributed by atoms with van der Waals surface area (Å²) in [7, 11) is 2.09. The van der Waals surface area contributed by atoms with E-state index >= 15 is 0 Å². The zero-order valence-corrected chi connectivity index (χ0v) is 22.3. The van der Waals surface area contributed by atoms with Crippen molar-refractivity contribution < 1.29 is 0 Å². The fourth-order valence-electron chi connectivity index (χ4n) is 4.97. The summed E-state index contributed by atoms with van der Waals surface area (Å²) in [5, 5.41) is 7.55. The van der Waals surface area contributed by atoms with Gasteiger partial charge in [-0.2, -0.15) is 0 Å². The summed E-state index contributed by atoms with van der Waals surface area (Å²) in [5.74, 6) is 1.65. The topological polar surface area (TPSA) is 52.0 Å². The lowest BCUT2D eigenvalue weighted by molar-refractivity contribution is 0.537. The van der Waals surface area contributed by atoms with Gasteiger partial charge in [0.05, 0.1) is 12.6 Å². The van der Waals surface area contributed by atoms with Crippen LogP contribution in [0.1, 0.15) is 16.7 Å². The molecule has 0 saturated heterocycles. The molecule has 3 aliphatic rings. The number of benzene rings is 3. The van der Waals surface area contributed by atoms with Gasteiger partial charge >= 0.3 is 0 Å². The number of hydrogen-bond acceptors (Lipinski definition) is 6. The molecule has 0 fully saturated rings. The molecule has 2 atom stereocenters. The SMILES string of the molecule is C=C1/C=C\c2ccccc2CN=C(C2=NC=C(C3Nc4ccccc4S3)CN2C)NC1Cc1ccccc1. The monoisotopic (exact) mass is 517 g/mol. The number of fused-ring (bicyclic) bond motifs is 2. The van der Waals surface area contributed by atoms with Gasteiger partial charge in [-0.05, 0) is 40.8 Å². The molecule has 38 heavy (non-hydrogen) atoms. The molecule has 190 valence electrons. The van der Waals surface area contributed by atoms with E-state index in [0.717, 1.165) is 30.2 Å². The van der Waals surface area contributed by atoms with Crippen LogP contribution in [0.3, 0.4) is 0 Å². The van der Waals surface area contributed by atoms with Crippen LogP contribution in [0.2, 0.25) is 0 Å². The van der Waals surface area contributed by atoms with Crippen LogP contribution in [0.5, 0.6) is 0 Å². The van der Waals surface area contributed by atoms with Crippen molar-refractivity contribution in [3.05, 3.63) is 126 Å². The predicted octanol–water partition coefficient (Wildman–Crippen LogP) is 6.14. The van der Waals surface area contributed by atoms with Crippen molar-refractivity contribution >= 4 is 35.2 Å². The van der Waals surface area contributed by atoms with Gasteiger partial charge in [0.2, 0.25) is 0 Å². The number of anilines is 1. The summed E-state index contributed by atoms with van der Waals surface area (Å²) >= 11 is 1.85. The molecule has 0 amide bonds. The largest absolute Gasteiger partial charge is 0.368 e. The van der Waals surface area contributed by atoms with Gasteiger partial charge in [0, 0.05) is 35.9 Å². The molecule has 6 rings (SSSR count). The third-order valence-electron chi connectivity index (χ3n) is 7.08. The van der Waals surface area contributed by atoms with Crippen molar-refractivity contribution in [2.75, 3.05) is 18.9 Å². The van der Waals surface area contributed by atoms with Crippen LogP contribution in [-0.2, 0) is 13.0 Å². The Balaban J connectivity index is 1.32. The lowest BCUT2D eigenvalue weighted by Crippen LogP contribution is -2.48. The Morgan fingerprint density at radius 1 is 0.947 bits per heavy atom. The smallest absolute Gasteiger partial charge is 0.171 e. The van der Waals surface area contributed by atoms with E-state index in [1.807, 2.05) is 18.0 Å². The summed E-state index contributed by atoms with van der Waals surface area (Å²) in [6, 6.07) is 27.4. The van der Waals surface area contributed by atoms with Crippen molar-refractivity contribution in [2.45, 2.75) is 29.3 Å². The average molecular weight is 518 g/mol. The zero-order chi connectivity index (χ0) is 25.9. The maximum Gasteiger partial charge on any atom is 0.171 e. The van der Waals surface area contributed by atoms with Crippen molar-refractivity contribution in [3.8, 4) is 0 Å². The van der Waals surface area contributed by atoms with Crippen LogP contribution in [0.4, 0.5) is 5.69 Å². The molecule has 3 heterocycles. The number of nitrogens with zero attached hydrogens (tertiary/aromatic N) is 3. The first-order valence-electron chi connectivity index (χ1n) is 12.9. The van der Waals surface area contributed by atoms with Crippen LogP contribution in [-0.4, -0.2) is 41.6 Å². The molecular formula is C32H31N5S. The van der Waals surface area contributed by atoms with E-state index in [1.165, 1.54) is 32.8 Å². The quantitative estimate of drug-likeness (QED) is 0.437. The van der Waals surface area contributed by atoms with Crippen molar-refractivity contribution in [3.63, 3.8) is 0 Å². The minimum atomic E-state index is -0.0132. The zero-order valence-electron chi connectivity index (χ0n) is 21.5. The minimum absolute atomic E-state index is 0.0132. The lowest BCUT2D eigenvalue weighted by Gasteiger charge is -2.31. The van der Waals surface area contributed by atoms with E-state index in [1.54, 1.807) is 0 Å². The normalized spacial score (nSPS) is 21.7. The molecule has 0 saturated carbocycles. The van der Waals surface area contributed by atoms with Crippen LogP contribution >= 0.6 is 11.8 Å². The number of aliphatic imine (C=N–C) groups is 2. The number of hydrogen-bond donors (Lipinski definition) is 2. The highest BCUT2D eigenvalue weighted by Gasteiger charge is 2.29. The Hall–Kier alpha value is -4.03. The number of rotatable bonds is 4. The van der Waals surface area contributed by atoms with Gasteiger partial charge in [-0.25, -0.2) is 4.99 Å². The molecule has 5 nitrogen and oxygen atoms in total. The van der Waals surface area contributed by atoms with Gasteiger partial charge in [-0.3, -0.25) is 4.99 Å². The van der Waals surface area contributed by atoms with Crippen LogP contribution < -0.4 is 10.6 Å². The Bertz CT molecular complexity index is 1440. The summed E-state index contributed by atoms with van der Waals surface area (Å²) in [6.07, 6.45) is 7.11. The third kappa shape index (κ3) is 5.18. The summed E-state index contributed by atoms with van der Waals surface area (Å²) in [5.41, 5.74) is 7.04.